The molecule has 0 amide bonds. The average molecular weight is 417 g/mol. The molecule has 0 heterocycles. The highest BCUT2D eigenvalue weighted by atomic mass is 14.5. The Bertz CT molecular complexity index is 386. The molecule has 0 nitrogen and oxygen atoms in total. The Morgan fingerprint density at radius 2 is 0.833 bits per heavy atom. The minimum atomic E-state index is 1.10. The van der Waals surface area contributed by atoms with Gasteiger partial charge in [-0.15, -0.1) is 0 Å². The minimum Gasteiger partial charge on any atom is -0.0654 e. The van der Waals surface area contributed by atoms with Crippen LogP contribution < -0.4 is 0 Å². The van der Waals surface area contributed by atoms with Crippen LogP contribution in [0.1, 0.15) is 155 Å². The minimum absolute atomic E-state index is 1.10. The average Bonchev–Trinajstić information content (AvgIpc) is 2.78. The molecule has 3 aliphatic rings. The fraction of sp³-hybridized carbons (Fsp3) is 1.00. The molecular formula is C30H56. The van der Waals surface area contributed by atoms with E-state index in [2.05, 4.69) is 13.8 Å². The van der Waals surface area contributed by atoms with E-state index in [9.17, 15) is 0 Å². The fourth-order valence-electron chi connectivity index (χ4n) is 7.94. The zero-order chi connectivity index (χ0) is 21.0. The van der Waals surface area contributed by atoms with Crippen molar-refractivity contribution < 1.29 is 0 Å². The van der Waals surface area contributed by atoms with E-state index in [0.717, 1.165) is 35.5 Å². The standard InChI is InChI=1S/C30H56/c1-3-5-7-9-11-13-15-25-17-21-29-27(23-25)19-20-28-24-26(18-22-30(28)29)16-14-12-10-8-6-4-2/h25-30H,3-24H2,1-2H3/t25-,26-,27?,28?,29?,30?/m1/s1. The topological polar surface area (TPSA) is 0 Å². The summed E-state index contributed by atoms with van der Waals surface area (Å²) in [4.78, 5) is 0. The number of hydrogen-bond acceptors (Lipinski definition) is 0. The molecule has 0 aromatic heterocycles. The molecule has 0 aromatic rings. The van der Waals surface area contributed by atoms with Gasteiger partial charge in [0.05, 0.1) is 0 Å². The molecular weight excluding hydrogens is 360 g/mol. The highest BCUT2D eigenvalue weighted by molar-refractivity contribution is 4.94. The molecule has 3 saturated carbocycles. The van der Waals surface area contributed by atoms with Crippen LogP contribution in [0.25, 0.3) is 0 Å². The fourth-order valence-corrected chi connectivity index (χ4v) is 7.94. The third-order valence-electron chi connectivity index (χ3n) is 9.69. The summed E-state index contributed by atoms with van der Waals surface area (Å²) in [6.07, 6.45) is 33.6. The summed E-state index contributed by atoms with van der Waals surface area (Å²) in [5, 5.41) is 0. The van der Waals surface area contributed by atoms with Crippen molar-refractivity contribution in [3.05, 3.63) is 0 Å². The van der Waals surface area contributed by atoms with Gasteiger partial charge in [0.25, 0.3) is 0 Å². The predicted octanol–water partition coefficient (Wildman–Crippen LogP) is 10.3. The monoisotopic (exact) mass is 416 g/mol. The third-order valence-corrected chi connectivity index (χ3v) is 9.69. The van der Waals surface area contributed by atoms with E-state index >= 15 is 0 Å². The first-order chi connectivity index (χ1) is 14.8. The number of hydrogen-bond donors (Lipinski definition) is 0. The summed E-state index contributed by atoms with van der Waals surface area (Å²) in [6.45, 7) is 4.66. The molecule has 0 spiro atoms. The Hall–Kier alpha value is 0. The molecule has 3 fully saturated rings. The van der Waals surface area contributed by atoms with Gasteiger partial charge in [-0.05, 0) is 74.0 Å². The van der Waals surface area contributed by atoms with Crippen LogP contribution in [-0.2, 0) is 0 Å². The molecule has 3 aliphatic carbocycles. The molecule has 30 heavy (non-hydrogen) atoms. The lowest BCUT2D eigenvalue weighted by atomic mass is 9.55. The van der Waals surface area contributed by atoms with Crippen LogP contribution in [0.4, 0.5) is 0 Å². The molecule has 4 unspecified atom stereocenters. The smallest absolute Gasteiger partial charge is 0.0355 e. The Morgan fingerprint density at radius 3 is 1.27 bits per heavy atom. The van der Waals surface area contributed by atoms with Crippen LogP contribution in [0, 0.1) is 35.5 Å². The summed E-state index contributed by atoms with van der Waals surface area (Å²) in [5.41, 5.74) is 0. The van der Waals surface area contributed by atoms with Crippen molar-refractivity contribution in [1.29, 1.82) is 0 Å². The Morgan fingerprint density at radius 1 is 0.433 bits per heavy atom. The van der Waals surface area contributed by atoms with Crippen molar-refractivity contribution in [1.82, 2.24) is 0 Å². The maximum Gasteiger partial charge on any atom is -0.0355 e. The molecule has 176 valence electrons. The summed E-state index contributed by atoms with van der Waals surface area (Å²) in [7, 11) is 0. The van der Waals surface area contributed by atoms with Crippen LogP contribution in [0.15, 0.2) is 0 Å². The summed E-state index contributed by atoms with van der Waals surface area (Å²) in [6, 6.07) is 0. The van der Waals surface area contributed by atoms with Crippen LogP contribution >= 0.6 is 0 Å². The van der Waals surface area contributed by atoms with Gasteiger partial charge in [0.1, 0.15) is 0 Å². The van der Waals surface area contributed by atoms with Gasteiger partial charge in [0.15, 0.2) is 0 Å². The van der Waals surface area contributed by atoms with Crippen molar-refractivity contribution in [3.8, 4) is 0 Å². The summed E-state index contributed by atoms with van der Waals surface area (Å²) < 4.78 is 0. The van der Waals surface area contributed by atoms with E-state index in [1.165, 1.54) is 77.0 Å². The Labute approximate surface area is 190 Å². The molecule has 6 atom stereocenters. The lowest BCUT2D eigenvalue weighted by Crippen LogP contribution is -2.41. The first-order valence-electron chi connectivity index (χ1n) is 14.8. The van der Waals surface area contributed by atoms with Crippen molar-refractivity contribution in [2.24, 2.45) is 35.5 Å². The van der Waals surface area contributed by atoms with Gasteiger partial charge in [0.2, 0.25) is 0 Å². The predicted molar refractivity (Wildman–Crippen MR) is 134 cm³/mol. The maximum atomic E-state index is 2.33. The molecule has 0 heteroatoms. The highest BCUT2D eigenvalue weighted by Crippen LogP contribution is 2.54. The summed E-state index contributed by atoms with van der Waals surface area (Å²) in [5.74, 6) is 6.72. The van der Waals surface area contributed by atoms with E-state index in [0.29, 0.717) is 0 Å². The van der Waals surface area contributed by atoms with Gasteiger partial charge in [-0.25, -0.2) is 0 Å². The van der Waals surface area contributed by atoms with E-state index in [4.69, 9.17) is 0 Å². The molecule has 0 aromatic carbocycles. The second kappa shape index (κ2) is 14.2. The third kappa shape index (κ3) is 7.85. The second-order valence-electron chi connectivity index (χ2n) is 11.9. The van der Waals surface area contributed by atoms with Gasteiger partial charge in [-0.2, -0.15) is 0 Å². The lowest BCUT2D eigenvalue weighted by Gasteiger charge is -2.51. The molecule has 0 N–H and O–H groups in total. The van der Waals surface area contributed by atoms with Crippen LogP contribution in [-0.4, -0.2) is 0 Å². The van der Waals surface area contributed by atoms with Crippen molar-refractivity contribution in [2.75, 3.05) is 0 Å². The van der Waals surface area contributed by atoms with E-state index in [1.807, 2.05) is 0 Å². The highest BCUT2D eigenvalue weighted by Gasteiger charge is 2.44. The first kappa shape index (κ1) is 24.6. The second-order valence-corrected chi connectivity index (χ2v) is 11.9. The molecule has 3 rings (SSSR count). The Balaban J connectivity index is 1.30. The van der Waals surface area contributed by atoms with Crippen LogP contribution in [0.5, 0.6) is 0 Å². The SMILES string of the molecule is CCCCCCCC[C@@H]1CCC2C(CCC3C[C@H](CCCCCCCC)CCC32)C1. The normalized spacial score (nSPS) is 33.8. The van der Waals surface area contributed by atoms with Gasteiger partial charge in [0, 0.05) is 0 Å². The van der Waals surface area contributed by atoms with Crippen molar-refractivity contribution >= 4 is 0 Å². The lowest BCUT2D eigenvalue weighted by molar-refractivity contribution is -0.00461. The zero-order valence-corrected chi connectivity index (χ0v) is 21.0. The maximum absolute atomic E-state index is 2.33. The summed E-state index contributed by atoms with van der Waals surface area (Å²) >= 11 is 0. The molecule has 0 radical (unpaired) electrons. The van der Waals surface area contributed by atoms with Crippen molar-refractivity contribution in [3.63, 3.8) is 0 Å². The largest absolute Gasteiger partial charge is 0.0654 e. The molecule has 0 aliphatic heterocycles. The van der Waals surface area contributed by atoms with Gasteiger partial charge in [-0.1, -0.05) is 117 Å². The number of unbranched alkanes of at least 4 members (excludes halogenated alkanes) is 10. The van der Waals surface area contributed by atoms with Crippen LogP contribution in [0.3, 0.4) is 0 Å². The molecule has 0 bridgehead atoms. The zero-order valence-electron chi connectivity index (χ0n) is 21.0. The van der Waals surface area contributed by atoms with E-state index < -0.39 is 0 Å². The number of rotatable bonds is 14. The number of fused-ring (bicyclic) bond motifs is 3. The van der Waals surface area contributed by atoms with E-state index in [-0.39, 0.29) is 0 Å². The van der Waals surface area contributed by atoms with Gasteiger partial charge < -0.3 is 0 Å². The van der Waals surface area contributed by atoms with Crippen molar-refractivity contribution in [2.45, 2.75) is 155 Å². The first-order valence-corrected chi connectivity index (χ1v) is 14.8. The van der Waals surface area contributed by atoms with Gasteiger partial charge >= 0.3 is 0 Å². The van der Waals surface area contributed by atoms with E-state index in [1.54, 1.807) is 64.2 Å². The van der Waals surface area contributed by atoms with Gasteiger partial charge in [-0.3, -0.25) is 0 Å². The van der Waals surface area contributed by atoms with Crippen LogP contribution in [0.2, 0.25) is 0 Å². The quantitative estimate of drug-likeness (QED) is 0.247. The molecule has 0 saturated heterocycles. The Kier molecular flexibility index (Phi) is 11.7.